The fourth-order valence-electron chi connectivity index (χ4n) is 2.27. The quantitative estimate of drug-likeness (QED) is 0.782. The fourth-order valence-corrected chi connectivity index (χ4v) is 2.27. The number of rotatable bonds is 1. The lowest BCUT2D eigenvalue weighted by Gasteiger charge is -2.07. The molecule has 0 aliphatic carbocycles. The zero-order chi connectivity index (χ0) is 11.0. The predicted molar refractivity (Wildman–Crippen MR) is 66.6 cm³/mol. The molecule has 2 aromatic rings. The number of benzene rings is 1. The van der Waals surface area contributed by atoms with E-state index in [2.05, 4.69) is 41.5 Å². The maximum atomic E-state index is 4.13. The Kier molecular flexibility index (Phi) is 2.13. The van der Waals surface area contributed by atoms with Crippen LogP contribution in [0.15, 0.2) is 36.7 Å². The largest absolute Gasteiger partial charge is 0.384 e. The molecule has 0 fully saturated rings. The molecular weight excluding hydrogens is 196 g/mol. The molecule has 1 aliphatic heterocycles. The first-order valence-corrected chi connectivity index (χ1v) is 5.62. The molecule has 1 aromatic heterocycles. The molecule has 1 N–H and O–H groups in total. The molecule has 16 heavy (non-hydrogen) atoms. The first kappa shape index (κ1) is 9.40. The molecule has 80 valence electrons. The summed E-state index contributed by atoms with van der Waals surface area (Å²) in [4.78, 5) is 4.13. The number of anilines is 1. The molecule has 0 radical (unpaired) electrons. The standard InChI is InChI=1S/C14H14N2/c1-10-9-15-6-5-13(10)11-2-3-14-12(8-11)4-7-16-14/h2-3,5-6,8-9,16H,4,7H2,1H3. The van der Waals surface area contributed by atoms with E-state index in [4.69, 9.17) is 0 Å². The average Bonchev–Trinajstić information content (AvgIpc) is 2.76. The van der Waals surface area contributed by atoms with Gasteiger partial charge in [0.15, 0.2) is 0 Å². The number of nitrogens with one attached hydrogen (secondary N) is 1. The van der Waals surface area contributed by atoms with Crippen molar-refractivity contribution in [2.45, 2.75) is 13.3 Å². The third kappa shape index (κ3) is 1.47. The number of aryl methyl sites for hydroxylation is 1. The molecular formula is C14H14N2. The summed E-state index contributed by atoms with van der Waals surface area (Å²) in [7, 11) is 0. The molecule has 0 unspecified atom stereocenters. The van der Waals surface area contributed by atoms with Crippen LogP contribution in [0.3, 0.4) is 0 Å². The third-order valence-corrected chi connectivity index (χ3v) is 3.15. The maximum Gasteiger partial charge on any atom is 0.0373 e. The second-order valence-corrected chi connectivity index (χ2v) is 4.24. The second-order valence-electron chi connectivity index (χ2n) is 4.24. The minimum absolute atomic E-state index is 1.06. The van der Waals surface area contributed by atoms with Gasteiger partial charge in [-0.05, 0) is 53.8 Å². The van der Waals surface area contributed by atoms with Crippen molar-refractivity contribution in [3.63, 3.8) is 0 Å². The van der Waals surface area contributed by atoms with Gasteiger partial charge in [-0.2, -0.15) is 0 Å². The van der Waals surface area contributed by atoms with Crippen molar-refractivity contribution in [3.05, 3.63) is 47.8 Å². The molecule has 1 aromatic carbocycles. The molecule has 0 atom stereocenters. The van der Waals surface area contributed by atoms with Crippen LogP contribution in [0, 0.1) is 6.92 Å². The van der Waals surface area contributed by atoms with Gasteiger partial charge >= 0.3 is 0 Å². The Morgan fingerprint density at radius 3 is 3.06 bits per heavy atom. The van der Waals surface area contributed by atoms with E-state index in [1.165, 1.54) is 27.9 Å². The molecule has 3 rings (SSSR count). The van der Waals surface area contributed by atoms with Gasteiger partial charge in [-0.25, -0.2) is 0 Å². The summed E-state index contributed by atoms with van der Waals surface area (Å²) in [6, 6.07) is 8.73. The smallest absolute Gasteiger partial charge is 0.0373 e. The monoisotopic (exact) mass is 210 g/mol. The molecule has 2 heteroatoms. The first-order valence-electron chi connectivity index (χ1n) is 5.62. The van der Waals surface area contributed by atoms with E-state index >= 15 is 0 Å². The van der Waals surface area contributed by atoms with Gasteiger partial charge in [-0.3, -0.25) is 4.98 Å². The minimum Gasteiger partial charge on any atom is -0.384 e. The fraction of sp³-hybridized carbons (Fsp3) is 0.214. The van der Waals surface area contributed by atoms with Crippen LogP contribution in [0.5, 0.6) is 0 Å². The molecule has 0 amide bonds. The number of aromatic nitrogens is 1. The molecule has 1 aliphatic rings. The summed E-state index contributed by atoms with van der Waals surface area (Å²) in [5.41, 5.74) is 6.52. The highest BCUT2D eigenvalue weighted by Gasteiger charge is 2.11. The van der Waals surface area contributed by atoms with Crippen LogP contribution in [0.1, 0.15) is 11.1 Å². The van der Waals surface area contributed by atoms with E-state index in [1.807, 2.05) is 12.4 Å². The van der Waals surface area contributed by atoms with Gasteiger partial charge in [0, 0.05) is 24.6 Å². The van der Waals surface area contributed by atoms with Gasteiger partial charge in [0.05, 0.1) is 0 Å². The number of nitrogens with zero attached hydrogens (tertiary/aromatic N) is 1. The lowest BCUT2D eigenvalue weighted by molar-refractivity contribution is 1.11. The van der Waals surface area contributed by atoms with Crippen molar-refractivity contribution < 1.29 is 0 Å². The summed E-state index contributed by atoms with van der Waals surface area (Å²) >= 11 is 0. The highest BCUT2D eigenvalue weighted by molar-refractivity contribution is 5.71. The number of hydrogen-bond acceptors (Lipinski definition) is 2. The SMILES string of the molecule is Cc1cnccc1-c1ccc2c(c1)CCN2. The normalized spacial score (nSPS) is 13.3. The lowest BCUT2D eigenvalue weighted by Crippen LogP contribution is -1.90. The van der Waals surface area contributed by atoms with Gasteiger partial charge in [0.2, 0.25) is 0 Å². The van der Waals surface area contributed by atoms with Crippen LogP contribution in [0.2, 0.25) is 0 Å². The van der Waals surface area contributed by atoms with Gasteiger partial charge in [-0.1, -0.05) is 6.07 Å². The summed E-state index contributed by atoms with van der Waals surface area (Å²) in [5, 5.41) is 3.38. The summed E-state index contributed by atoms with van der Waals surface area (Å²) in [6.45, 7) is 3.17. The van der Waals surface area contributed by atoms with Crippen LogP contribution in [-0.4, -0.2) is 11.5 Å². The zero-order valence-corrected chi connectivity index (χ0v) is 9.33. The van der Waals surface area contributed by atoms with E-state index in [0.717, 1.165) is 13.0 Å². The van der Waals surface area contributed by atoms with Crippen molar-refractivity contribution in [1.29, 1.82) is 0 Å². The molecule has 2 heterocycles. The number of fused-ring (bicyclic) bond motifs is 1. The molecule has 0 spiro atoms. The van der Waals surface area contributed by atoms with Gasteiger partial charge in [-0.15, -0.1) is 0 Å². The van der Waals surface area contributed by atoms with E-state index < -0.39 is 0 Å². The Morgan fingerprint density at radius 1 is 1.25 bits per heavy atom. The van der Waals surface area contributed by atoms with E-state index in [0.29, 0.717) is 0 Å². The lowest BCUT2D eigenvalue weighted by atomic mass is 10.00. The van der Waals surface area contributed by atoms with Gasteiger partial charge < -0.3 is 5.32 Å². The molecule has 0 bridgehead atoms. The van der Waals surface area contributed by atoms with Crippen LogP contribution in [-0.2, 0) is 6.42 Å². The molecule has 2 nitrogen and oxygen atoms in total. The van der Waals surface area contributed by atoms with Crippen molar-refractivity contribution in [1.82, 2.24) is 4.98 Å². The Hall–Kier alpha value is -1.83. The van der Waals surface area contributed by atoms with Crippen molar-refractivity contribution >= 4 is 5.69 Å². The molecule has 0 saturated carbocycles. The zero-order valence-electron chi connectivity index (χ0n) is 9.33. The third-order valence-electron chi connectivity index (χ3n) is 3.15. The number of hydrogen-bond donors (Lipinski definition) is 1. The summed E-state index contributed by atoms with van der Waals surface area (Å²) in [6.07, 6.45) is 4.90. The van der Waals surface area contributed by atoms with Gasteiger partial charge in [0.25, 0.3) is 0 Å². The Morgan fingerprint density at radius 2 is 2.19 bits per heavy atom. The van der Waals surface area contributed by atoms with Crippen molar-refractivity contribution in [2.24, 2.45) is 0 Å². The van der Waals surface area contributed by atoms with Crippen LogP contribution < -0.4 is 5.32 Å². The number of pyridine rings is 1. The maximum absolute atomic E-state index is 4.13. The van der Waals surface area contributed by atoms with Gasteiger partial charge in [0.1, 0.15) is 0 Å². The minimum atomic E-state index is 1.06. The Bertz CT molecular complexity index is 532. The van der Waals surface area contributed by atoms with Crippen LogP contribution >= 0.6 is 0 Å². The van der Waals surface area contributed by atoms with Crippen LogP contribution in [0.25, 0.3) is 11.1 Å². The van der Waals surface area contributed by atoms with E-state index in [1.54, 1.807) is 0 Å². The van der Waals surface area contributed by atoms with E-state index in [-0.39, 0.29) is 0 Å². The average molecular weight is 210 g/mol. The summed E-state index contributed by atoms with van der Waals surface area (Å²) in [5.74, 6) is 0. The Balaban J connectivity index is 2.11. The summed E-state index contributed by atoms with van der Waals surface area (Å²) < 4.78 is 0. The highest BCUT2D eigenvalue weighted by Crippen LogP contribution is 2.29. The van der Waals surface area contributed by atoms with Crippen molar-refractivity contribution in [3.8, 4) is 11.1 Å². The molecule has 0 saturated heterocycles. The predicted octanol–water partition coefficient (Wildman–Crippen LogP) is 3.03. The van der Waals surface area contributed by atoms with Crippen LogP contribution in [0.4, 0.5) is 5.69 Å². The highest BCUT2D eigenvalue weighted by atomic mass is 14.9. The second kappa shape index (κ2) is 3.63. The van der Waals surface area contributed by atoms with Crippen molar-refractivity contribution in [2.75, 3.05) is 11.9 Å². The first-order chi connectivity index (χ1) is 7.84. The van der Waals surface area contributed by atoms with E-state index in [9.17, 15) is 0 Å². The Labute approximate surface area is 95.3 Å². The topological polar surface area (TPSA) is 24.9 Å².